The van der Waals surface area contributed by atoms with E-state index in [4.69, 9.17) is 5.73 Å². The minimum Gasteiger partial charge on any atom is -0.398 e. The van der Waals surface area contributed by atoms with Crippen molar-refractivity contribution in [3.05, 3.63) is 42.2 Å². The zero-order chi connectivity index (χ0) is 11.5. The minimum absolute atomic E-state index is 0.658. The van der Waals surface area contributed by atoms with Gasteiger partial charge in [-0.3, -0.25) is 0 Å². The van der Waals surface area contributed by atoms with E-state index in [1.807, 2.05) is 37.1 Å². The zero-order valence-electron chi connectivity index (χ0n) is 9.38. The van der Waals surface area contributed by atoms with Gasteiger partial charge in [-0.05, 0) is 30.7 Å². The summed E-state index contributed by atoms with van der Waals surface area (Å²) in [4.78, 5) is 10.3. The summed E-state index contributed by atoms with van der Waals surface area (Å²) in [5, 5.41) is 0. The van der Waals surface area contributed by atoms with Crippen molar-refractivity contribution in [1.29, 1.82) is 0 Å². The molecule has 0 aliphatic heterocycles. The van der Waals surface area contributed by atoms with Crippen LogP contribution in [0.4, 0.5) is 17.3 Å². The van der Waals surface area contributed by atoms with E-state index >= 15 is 0 Å². The quantitative estimate of drug-likeness (QED) is 0.778. The van der Waals surface area contributed by atoms with Gasteiger partial charge in [0, 0.05) is 30.8 Å². The first-order valence-electron chi connectivity index (χ1n) is 5.05. The van der Waals surface area contributed by atoms with E-state index < -0.39 is 0 Å². The van der Waals surface area contributed by atoms with Crippen LogP contribution in [0.2, 0.25) is 0 Å². The van der Waals surface area contributed by atoms with Gasteiger partial charge in [0.25, 0.3) is 0 Å². The molecule has 0 radical (unpaired) electrons. The molecular formula is C12H14N4. The molecule has 82 valence electrons. The molecule has 4 nitrogen and oxygen atoms in total. The predicted molar refractivity (Wildman–Crippen MR) is 65.7 cm³/mol. The van der Waals surface area contributed by atoms with Crippen molar-refractivity contribution in [1.82, 2.24) is 9.97 Å². The lowest BCUT2D eigenvalue weighted by molar-refractivity contribution is 1.04. The van der Waals surface area contributed by atoms with Gasteiger partial charge in [0.1, 0.15) is 0 Å². The van der Waals surface area contributed by atoms with Crippen molar-refractivity contribution in [2.75, 3.05) is 17.7 Å². The van der Waals surface area contributed by atoms with Crippen molar-refractivity contribution in [2.24, 2.45) is 0 Å². The highest BCUT2D eigenvalue weighted by atomic mass is 15.2. The van der Waals surface area contributed by atoms with Crippen LogP contribution in [0.15, 0.2) is 36.7 Å². The molecule has 1 heterocycles. The number of hydrogen-bond donors (Lipinski definition) is 1. The normalized spacial score (nSPS) is 10.1. The Morgan fingerprint density at radius 1 is 1.19 bits per heavy atom. The molecule has 0 fully saturated rings. The number of aryl methyl sites for hydroxylation is 1. The lowest BCUT2D eigenvalue weighted by atomic mass is 10.2. The van der Waals surface area contributed by atoms with Gasteiger partial charge >= 0.3 is 0 Å². The molecule has 0 saturated heterocycles. The molecule has 2 aromatic rings. The molecule has 0 bridgehead atoms. The number of nitrogen functional groups attached to an aromatic ring is 1. The van der Waals surface area contributed by atoms with E-state index in [-0.39, 0.29) is 0 Å². The van der Waals surface area contributed by atoms with Crippen LogP contribution in [-0.2, 0) is 0 Å². The SMILES string of the molecule is Cc1ccc(N(C)c2ncccn2)cc1N. The molecule has 2 rings (SSSR count). The number of benzene rings is 1. The summed E-state index contributed by atoms with van der Waals surface area (Å²) >= 11 is 0. The topological polar surface area (TPSA) is 55.0 Å². The van der Waals surface area contributed by atoms with Crippen molar-refractivity contribution >= 4 is 17.3 Å². The molecule has 0 aliphatic rings. The fourth-order valence-electron chi connectivity index (χ4n) is 1.42. The summed E-state index contributed by atoms with van der Waals surface area (Å²) in [5.74, 6) is 0.658. The number of nitrogens with two attached hydrogens (primary N) is 1. The van der Waals surface area contributed by atoms with Crippen LogP contribution in [0.5, 0.6) is 0 Å². The molecule has 0 saturated carbocycles. The number of aromatic nitrogens is 2. The number of anilines is 3. The van der Waals surface area contributed by atoms with Crippen LogP contribution >= 0.6 is 0 Å². The Kier molecular flexibility index (Phi) is 2.72. The third-order valence-electron chi connectivity index (χ3n) is 2.50. The highest BCUT2D eigenvalue weighted by molar-refractivity contribution is 5.63. The standard InChI is InChI=1S/C12H14N4/c1-9-4-5-10(8-11(9)13)16(2)12-14-6-3-7-15-12/h3-8H,13H2,1-2H3. The fraction of sp³-hybridized carbons (Fsp3) is 0.167. The molecule has 2 N–H and O–H groups in total. The lowest BCUT2D eigenvalue weighted by Crippen LogP contribution is -2.12. The second-order valence-electron chi connectivity index (χ2n) is 3.65. The number of nitrogens with zero attached hydrogens (tertiary/aromatic N) is 3. The maximum Gasteiger partial charge on any atom is 0.229 e. The van der Waals surface area contributed by atoms with E-state index in [1.165, 1.54) is 0 Å². The van der Waals surface area contributed by atoms with Crippen molar-refractivity contribution in [2.45, 2.75) is 6.92 Å². The highest BCUT2D eigenvalue weighted by Gasteiger charge is 2.06. The van der Waals surface area contributed by atoms with Crippen LogP contribution in [0.3, 0.4) is 0 Å². The molecule has 16 heavy (non-hydrogen) atoms. The molecule has 0 unspecified atom stereocenters. The molecule has 0 atom stereocenters. The third-order valence-corrected chi connectivity index (χ3v) is 2.50. The summed E-state index contributed by atoms with van der Waals surface area (Å²) in [6, 6.07) is 7.71. The van der Waals surface area contributed by atoms with Gasteiger partial charge in [0.15, 0.2) is 0 Å². The first kappa shape index (κ1) is 10.4. The maximum atomic E-state index is 5.87. The van der Waals surface area contributed by atoms with E-state index in [9.17, 15) is 0 Å². The average Bonchev–Trinajstić information content (AvgIpc) is 2.33. The summed E-state index contributed by atoms with van der Waals surface area (Å²) < 4.78 is 0. The number of rotatable bonds is 2. The van der Waals surface area contributed by atoms with E-state index in [0.717, 1.165) is 16.9 Å². The van der Waals surface area contributed by atoms with Gasteiger partial charge in [-0.15, -0.1) is 0 Å². The van der Waals surface area contributed by atoms with Gasteiger partial charge < -0.3 is 10.6 Å². The Bertz CT molecular complexity index is 482. The van der Waals surface area contributed by atoms with Crippen LogP contribution in [0.1, 0.15) is 5.56 Å². The second-order valence-corrected chi connectivity index (χ2v) is 3.65. The molecule has 0 aliphatic carbocycles. The Morgan fingerprint density at radius 2 is 1.88 bits per heavy atom. The Hall–Kier alpha value is -2.10. The van der Waals surface area contributed by atoms with Crippen molar-refractivity contribution in [3.8, 4) is 0 Å². The predicted octanol–water partition coefficient (Wildman–Crippen LogP) is 2.14. The summed E-state index contributed by atoms with van der Waals surface area (Å²) in [6.07, 6.45) is 3.44. The van der Waals surface area contributed by atoms with Gasteiger partial charge in [-0.1, -0.05) is 6.07 Å². The summed E-state index contributed by atoms with van der Waals surface area (Å²) in [5.41, 5.74) is 8.70. The van der Waals surface area contributed by atoms with Crippen LogP contribution in [0, 0.1) is 6.92 Å². The van der Waals surface area contributed by atoms with Crippen molar-refractivity contribution < 1.29 is 0 Å². The number of hydrogen-bond acceptors (Lipinski definition) is 4. The molecule has 1 aromatic heterocycles. The maximum absolute atomic E-state index is 5.87. The van der Waals surface area contributed by atoms with Crippen LogP contribution < -0.4 is 10.6 Å². The Labute approximate surface area is 94.8 Å². The first-order chi connectivity index (χ1) is 7.68. The minimum atomic E-state index is 0.658. The lowest BCUT2D eigenvalue weighted by Gasteiger charge is -2.17. The van der Waals surface area contributed by atoms with Gasteiger partial charge in [-0.2, -0.15) is 0 Å². The fourth-order valence-corrected chi connectivity index (χ4v) is 1.42. The van der Waals surface area contributed by atoms with Gasteiger partial charge in [0.05, 0.1) is 0 Å². The first-order valence-corrected chi connectivity index (χ1v) is 5.05. The molecule has 1 aromatic carbocycles. The largest absolute Gasteiger partial charge is 0.398 e. The Morgan fingerprint density at radius 3 is 2.50 bits per heavy atom. The molecule has 4 heteroatoms. The zero-order valence-corrected chi connectivity index (χ0v) is 9.38. The van der Waals surface area contributed by atoms with E-state index in [1.54, 1.807) is 18.5 Å². The van der Waals surface area contributed by atoms with Gasteiger partial charge in [-0.25, -0.2) is 9.97 Å². The van der Waals surface area contributed by atoms with E-state index in [0.29, 0.717) is 5.95 Å². The van der Waals surface area contributed by atoms with Gasteiger partial charge in [0.2, 0.25) is 5.95 Å². The van der Waals surface area contributed by atoms with Crippen LogP contribution in [0.25, 0.3) is 0 Å². The van der Waals surface area contributed by atoms with Crippen molar-refractivity contribution in [3.63, 3.8) is 0 Å². The third kappa shape index (κ3) is 1.95. The van der Waals surface area contributed by atoms with Crippen LogP contribution in [-0.4, -0.2) is 17.0 Å². The summed E-state index contributed by atoms with van der Waals surface area (Å²) in [7, 11) is 1.92. The smallest absolute Gasteiger partial charge is 0.229 e. The molecular weight excluding hydrogens is 200 g/mol. The monoisotopic (exact) mass is 214 g/mol. The summed E-state index contributed by atoms with van der Waals surface area (Å²) in [6.45, 7) is 1.98. The Balaban J connectivity index is 2.34. The highest BCUT2D eigenvalue weighted by Crippen LogP contribution is 2.23. The average molecular weight is 214 g/mol. The molecule has 0 spiro atoms. The second kappa shape index (κ2) is 4.18. The van der Waals surface area contributed by atoms with E-state index in [2.05, 4.69) is 9.97 Å². The molecule has 0 amide bonds.